The van der Waals surface area contributed by atoms with Crippen molar-refractivity contribution in [2.45, 2.75) is 24.9 Å². The fourth-order valence-electron chi connectivity index (χ4n) is 3.29. The van der Waals surface area contributed by atoms with Gasteiger partial charge in [-0.15, -0.1) is 0 Å². The van der Waals surface area contributed by atoms with Crippen LogP contribution in [0.15, 0.2) is 18.2 Å². The summed E-state index contributed by atoms with van der Waals surface area (Å²) in [6.45, 7) is 1.63. The number of nitrogens with one attached hydrogen (secondary N) is 1. The molecule has 0 aromatic heterocycles. The molecule has 0 aliphatic carbocycles. The maximum Gasteiger partial charge on any atom is 0.251 e. The molecule has 8 heteroatoms. The Bertz CT molecular complexity index is 717. The summed E-state index contributed by atoms with van der Waals surface area (Å²) in [6, 6.07) is 2.10. The molecule has 1 aromatic carbocycles. The lowest BCUT2D eigenvalue weighted by molar-refractivity contribution is 0.0918. The second kappa shape index (κ2) is 6.16. The number of halogens is 2. The molecule has 3 rings (SSSR count). The largest absolute Gasteiger partial charge is 0.347 e. The van der Waals surface area contributed by atoms with E-state index in [4.69, 9.17) is 0 Å². The van der Waals surface area contributed by atoms with Crippen LogP contribution in [0, 0.1) is 11.6 Å². The molecule has 0 radical (unpaired) electrons. The van der Waals surface area contributed by atoms with E-state index in [2.05, 4.69) is 10.2 Å². The Kier molecular flexibility index (Phi) is 4.37. The van der Waals surface area contributed by atoms with Crippen molar-refractivity contribution in [2.24, 2.45) is 0 Å². The second-order valence-electron chi connectivity index (χ2n) is 6.10. The zero-order valence-electron chi connectivity index (χ0n) is 12.5. The summed E-state index contributed by atoms with van der Waals surface area (Å²) < 4.78 is 50.1. The Morgan fingerprint density at radius 1 is 1.13 bits per heavy atom. The first-order chi connectivity index (χ1) is 10.9. The Hall–Kier alpha value is -1.54. The van der Waals surface area contributed by atoms with Crippen LogP contribution in [-0.2, 0) is 9.84 Å². The number of sulfone groups is 1. The van der Waals surface area contributed by atoms with Crippen molar-refractivity contribution in [3.63, 3.8) is 0 Å². The van der Waals surface area contributed by atoms with Crippen LogP contribution in [0.3, 0.4) is 0 Å². The Morgan fingerprint density at radius 2 is 1.83 bits per heavy atom. The number of hydrogen-bond donors (Lipinski definition) is 1. The van der Waals surface area contributed by atoms with Crippen LogP contribution in [0.1, 0.15) is 23.2 Å². The molecule has 0 unspecified atom stereocenters. The molecule has 0 bridgehead atoms. The predicted molar refractivity (Wildman–Crippen MR) is 80.9 cm³/mol. The third-order valence-corrected chi connectivity index (χ3v) is 6.15. The topological polar surface area (TPSA) is 66.5 Å². The molecule has 2 heterocycles. The van der Waals surface area contributed by atoms with Gasteiger partial charge >= 0.3 is 0 Å². The van der Waals surface area contributed by atoms with Crippen molar-refractivity contribution in [1.82, 2.24) is 10.2 Å². The molecular formula is C15H18F2N2O3S. The van der Waals surface area contributed by atoms with Crippen LogP contribution in [0.5, 0.6) is 0 Å². The molecular weight excluding hydrogens is 326 g/mol. The van der Waals surface area contributed by atoms with Gasteiger partial charge in [-0.3, -0.25) is 9.69 Å². The summed E-state index contributed by atoms with van der Waals surface area (Å²) in [5, 5.41) is 2.68. The molecule has 1 amide bonds. The Morgan fingerprint density at radius 3 is 2.48 bits per heavy atom. The maximum absolute atomic E-state index is 13.2. The fraction of sp³-hybridized carbons (Fsp3) is 0.533. The monoisotopic (exact) mass is 344 g/mol. The normalized spacial score (nSPS) is 27.2. The van der Waals surface area contributed by atoms with E-state index in [1.165, 1.54) is 6.07 Å². The van der Waals surface area contributed by atoms with Gasteiger partial charge in [0, 0.05) is 11.6 Å². The highest BCUT2D eigenvalue weighted by atomic mass is 32.2. The highest BCUT2D eigenvalue weighted by Gasteiger charge is 2.42. The van der Waals surface area contributed by atoms with Gasteiger partial charge in [0.05, 0.1) is 17.5 Å². The highest BCUT2D eigenvalue weighted by molar-refractivity contribution is 7.91. The molecule has 2 fully saturated rings. The molecule has 1 N–H and O–H groups in total. The summed E-state index contributed by atoms with van der Waals surface area (Å²) in [7, 11) is -3.22. The van der Waals surface area contributed by atoms with Gasteiger partial charge in [-0.2, -0.15) is 0 Å². The van der Waals surface area contributed by atoms with Gasteiger partial charge in [0.2, 0.25) is 0 Å². The third-order valence-electron chi connectivity index (χ3n) is 4.43. The molecule has 2 aliphatic heterocycles. The molecule has 2 saturated heterocycles. The molecule has 1 aromatic rings. The van der Waals surface area contributed by atoms with Gasteiger partial charge in [0.15, 0.2) is 21.5 Å². The number of nitrogens with zero attached hydrogens (tertiary/aromatic N) is 1. The maximum atomic E-state index is 13.2. The number of likely N-dealkylation sites (tertiary alicyclic amines) is 1. The van der Waals surface area contributed by atoms with Crippen LogP contribution in [0.2, 0.25) is 0 Å². The summed E-state index contributed by atoms with van der Waals surface area (Å²) >= 11 is 0. The Labute approximate surface area is 133 Å². The van der Waals surface area contributed by atoms with E-state index < -0.39 is 33.4 Å². The standard InChI is InChI=1S/C15H18F2N2O3S/c16-11-4-3-10(7-12(11)17)15(20)18-13-8-23(21,22)9-14(13)19-5-1-2-6-19/h3-4,7,13-14H,1-2,5-6,8-9H2,(H,18,20)/t13-,14+/m1/s1. The van der Waals surface area contributed by atoms with Gasteiger partial charge in [0.25, 0.3) is 5.91 Å². The summed E-state index contributed by atoms with van der Waals surface area (Å²) in [4.78, 5) is 14.3. The quantitative estimate of drug-likeness (QED) is 0.887. The summed E-state index contributed by atoms with van der Waals surface area (Å²) in [5.74, 6) is -2.82. The molecule has 23 heavy (non-hydrogen) atoms. The van der Waals surface area contributed by atoms with Gasteiger partial charge in [-0.05, 0) is 44.1 Å². The van der Waals surface area contributed by atoms with Crippen molar-refractivity contribution >= 4 is 15.7 Å². The number of hydrogen-bond acceptors (Lipinski definition) is 4. The average Bonchev–Trinajstić information content (AvgIpc) is 3.09. The zero-order chi connectivity index (χ0) is 16.6. The first-order valence-corrected chi connectivity index (χ1v) is 9.38. The fourth-order valence-corrected chi connectivity index (χ4v) is 5.24. The van der Waals surface area contributed by atoms with Gasteiger partial charge in [-0.1, -0.05) is 0 Å². The van der Waals surface area contributed by atoms with E-state index in [9.17, 15) is 22.0 Å². The van der Waals surface area contributed by atoms with Crippen molar-refractivity contribution in [1.29, 1.82) is 0 Å². The van der Waals surface area contributed by atoms with E-state index in [-0.39, 0.29) is 23.1 Å². The Balaban J connectivity index is 1.76. The highest BCUT2D eigenvalue weighted by Crippen LogP contribution is 2.23. The zero-order valence-corrected chi connectivity index (χ0v) is 13.3. The number of carbonyl (C=O) groups is 1. The minimum Gasteiger partial charge on any atom is -0.347 e. The van der Waals surface area contributed by atoms with Crippen molar-refractivity contribution < 1.29 is 22.0 Å². The van der Waals surface area contributed by atoms with Gasteiger partial charge in [0.1, 0.15) is 0 Å². The molecule has 2 aliphatic rings. The average molecular weight is 344 g/mol. The summed E-state index contributed by atoms with van der Waals surface area (Å²) in [5.41, 5.74) is -0.0200. The number of benzene rings is 1. The SMILES string of the molecule is O=C(N[C@@H]1CS(=O)(=O)C[C@@H]1N1CCCC1)c1ccc(F)c(F)c1. The lowest BCUT2D eigenvalue weighted by atomic mass is 10.1. The molecule has 5 nitrogen and oxygen atoms in total. The van der Waals surface area contributed by atoms with Crippen molar-refractivity contribution in [2.75, 3.05) is 24.6 Å². The van der Waals surface area contributed by atoms with E-state index in [0.717, 1.165) is 38.1 Å². The molecule has 0 saturated carbocycles. The predicted octanol–water partition coefficient (Wildman–Crippen LogP) is 0.956. The molecule has 2 atom stereocenters. The van der Waals surface area contributed by atoms with Crippen molar-refractivity contribution in [3.05, 3.63) is 35.4 Å². The van der Waals surface area contributed by atoms with Crippen LogP contribution in [-0.4, -0.2) is 55.9 Å². The smallest absolute Gasteiger partial charge is 0.251 e. The van der Waals surface area contributed by atoms with E-state index in [1.54, 1.807) is 0 Å². The van der Waals surface area contributed by atoms with Gasteiger partial charge in [-0.25, -0.2) is 17.2 Å². The third kappa shape index (κ3) is 3.53. The van der Waals surface area contributed by atoms with Crippen LogP contribution < -0.4 is 5.32 Å². The lowest BCUT2D eigenvalue weighted by Gasteiger charge is -2.28. The van der Waals surface area contributed by atoms with E-state index >= 15 is 0 Å². The van der Waals surface area contributed by atoms with Crippen LogP contribution in [0.25, 0.3) is 0 Å². The minimum atomic E-state index is -3.22. The molecule has 126 valence electrons. The minimum absolute atomic E-state index is 0.0200. The number of carbonyl (C=O) groups excluding carboxylic acids is 1. The van der Waals surface area contributed by atoms with Gasteiger partial charge < -0.3 is 5.32 Å². The number of amides is 1. The first-order valence-electron chi connectivity index (χ1n) is 7.56. The first kappa shape index (κ1) is 16.3. The van der Waals surface area contributed by atoms with E-state index in [1.807, 2.05) is 0 Å². The lowest BCUT2D eigenvalue weighted by Crippen LogP contribution is -2.50. The van der Waals surface area contributed by atoms with Crippen molar-refractivity contribution in [3.8, 4) is 0 Å². The van der Waals surface area contributed by atoms with Crippen LogP contribution in [0.4, 0.5) is 8.78 Å². The summed E-state index contributed by atoms with van der Waals surface area (Å²) in [6.07, 6.45) is 2.03. The second-order valence-corrected chi connectivity index (χ2v) is 8.25. The number of rotatable bonds is 3. The molecule has 0 spiro atoms. The van der Waals surface area contributed by atoms with Crippen LogP contribution >= 0.6 is 0 Å². The van der Waals surface area contributed by atoms with E-state index in [0.29, 0.717) is 0 Å².